The number of rotatable bonds is 4. The predicted octanol–water partition coefficient (Wildman–Crippen LogP) is 1.38. The first-order valence-corrected chi connectivity index (χ1v) is 6.73. The second kappa shape index (κ2) is 5.48. The topological polar surface area (TPSA) is 96.5 Å². The minimum atomic E-state index is -0.820. The van der Waals surface area contributed by atoms with Crippen molar-refractivity contribution in [1.29, 1.82) is 0 Å². The number of nitrogens with zero attached hydrogens (tertiary/aromatic N) is 2. The zero-order chi connectivity index (χ0) is 14.8. The van der Waals surface area contributed by atoms with E-state index in [1.54, 1.807) is 17.0 Å². The zero-order valence-electron chi connectivity index (χ0n) is 11.5. The minimum absolute atomic E-state index is 0.232. The number of aliphatic carboxylic acids is 1. The summed E-state index contributed by atoms with van der Waals surface area (Å²) < 4.78 is 0. The summed E-state index contributed by atoms with van der Waals surface area (Å²) in [5.74, 6) is -1.05. The van der Waals surface area contributed by atoms with Gasteiger partial charge in [0.05, 0.1) is 17.3 Å². The van der Waals surface area contributed by atoms with Gasteiger partial charge in [-0.05, 0) is 25.0 Å². The third-order valence-electron chi connectivity index (χ3n) is 3.83. The first kappa shape index (κ1) is 14.3. The van der Waals surface area contributed by atoms with Gasteiger partial charge in [-0.3, -0.25) is 9.59 Å². The summed E-state index contributed by atoms with van der Waals surface area (Å²) in [4.78, 5) is 29.4. The molecule has 1 amide bonds. The molecule has 6 nitrogen and oxygen atoms in total. The van der Waals surface area contributed by atoms with E-state index in [1.807, 2.05) is 6.92 Å². The van der Waals surface area contributed by atoms with E-state index in [9.17, 15) is 14.7 Å². The monoisotopic (exact) mass is 277 g/mol. The van der Waals surface area contributed by atoms with Crippen molar-refractivity contribution >= 4 is 17.6 Å². The first-order valence-electron chi connectivity index (χ1n) is 6.73. The van der Waals surface area contributed by atoms with E-state index in [0.717, 1.165) is 6.42 Å². The van der Waals surface area contributed by atoms with Gasteiger partial charge in [0.1, 0.15) is 5.69 Å². The lowest BCUT2D eigenvalue weighted by molar-refractivity contribution is -0.148. The number of nitrogens with two attached hydrogens (primary N) is 1. The Morgan fingerprint density at radius 3 is 2.80 bits per heavy atom. The molecular weight excluding hydrogens is 258 g/mol. The SMILES string of the molecule is CCCC1(C(=O)O)CCN(C(=O)c2ccc(N)cn2)C1. The highest BCUT2D eigenvalue weighted by Crippen LogP contribution is 2.36. The van der Waals surface area contributed by atoms with Crippen molar-refractivity contribution in [3.8, 4) is 0 Å². The van der Waals surface area contributed by atoms with Crippen molar-refractivity contribution in [1.82, 2.24) is 9.88 Å². The number of amides is 1. The number of carbonyl (C=O) groups excluding carboxylic acids is 1. The molecule has 1 atom stereocenters. The van der Waals surface area contributed by atoms with Gasteiger partial charge in [-0.2, -0.15) is 0 Å². The Morgan fingerprint density at radius 1 is 1.50 bits per heavy atom. The fourth-order valence-corrected chi connectivity index (χ4v) is 2.70. The van der Waals surface area contributed by atoms with Crippen molar-refractivity contribution in [2.45, 2.75) is 26.2 Å². The van der Waals surface area contributed by atoms with Crippen LogP contribution in [0.2, 0.25) is 0 Å². The molecule has 20 heavy (non-hydrogen) atoms. The van der Waals surface area contributed by atoms with Crippen LogP contribution >= 0.6 is 0 Å². The van der Waals surface area contributed by atoms with Crippen molar-refractivity contribution in [2.75, 3.05) is 18.8 Å². The van der Waals surface area contributed by atoms with Gasteiger partial charge in [-0.1, -0.05) is 13.3 Å². The highest BCUT2D eigenvalue weighted by atomic mass is 16.4. The highest BCUT2D eigenvalue weighted by Gasteiger charge is 2.45. The molecule has 108 valence electrons. The van der Waals surface area contributed by atoms with E-state index >= 15 is 0 Å². The average Bonchev–Trinajstić information content (AvgIpc) is 2.85. The maximum atomic E-state index is 12.3. The lowest BCUT2D eigenvalue weighted by Gasteiger charge is -2.24. The van der Waals surface area contributed by atoms with Crippen LogP contribution in [0.4, 0.5) is 5.69 Å². The normalized spacial score (nSPS) is 21.9. The van der Waals surface area contributed by atoms with E-state index < -0.39 is 11.4 Å². The number of carbonyl (C=O) groups is 2. The van der Waals surface area contributed by atoms with Gasteiger partial charge in [0.25, 0.3) is 5.91 Å². The van der Waals surface area contributed by atoms with E-state index in [4.69, 9.17) is 5.73 Å². The van der Waals surface area contributed by atoms with E-state index in [0.29, 0.717) is 30.8 Å². The number of anilines is 1. The van der Waals surface area contributed by atoms with Crippen LogP contribution in [0.1, 0.15) is 36.7 Å². The molecule has 1 saturated heterocycles. The molecule has 1 aliphatic rings. The van der Waals surface area contributed by atoms with Crippen LogP contribution < -0.4 is 5.73 Å². The number of nitrogen functional groups attached to an aromatic ring is 1. The summed E-state index contributed by atoms with van der Waals surface area (Å²) in [6.45, 7) is 2.66. The highest BCUT2D eigenvalue weighted by molar-refractivity contribution is 5.93. The van der Waals surface area contributed by atoms with Gasteiger partial charge < -0.3 is 15.7 Å². The standard InChI is InChI=1S/C14H19N3O3/c1-2-5-14(13(19)20)6-7-17(9-14)12(18)11-4-3-10(15)8-16-11/h3-4,8H,2,5-7,9,15H2,1H3,(H,19,20). The van der Waals surface area contributed by atoms with Crippen molar-refractivity contribution in [2.24, 2.45) is 5.41 Å². The van der Waals surface area contributed by atoms with E-state index in [1.165, 1.54) is 6.20 Å². The number of pyridine rings is 1. The second-order valence-corrected chi connectivity index (χ2v) is 5.29. The molecule has 0 radical (unpaired) electrons. The largest absolute Gasteiger partial charge is 0.481 e. The smallest absolute Gasteiger partial charge is 0.311 e. The van der Waals surface area contributed by atoms with Crippen LogP contribution in [0.3, 0.4) is 0 Å². The Labute approximate surface area is 117 Å². The molecule has 2 rings (SSSR count). The van der Waals surface area contributed by atoms with Gasteiger partial charge >= 0.3 is 5.97 Å². The second-order valence-electron chi connectivity index (χ2n) is 5.29. The Kier molecular flexibility index (Phi) is 3.92. The number of hydrogen-bond donors (Lipinski definition) is 2. The molecule has 0 bridgehead atoms. The predicted molar refractivity (Wildman–Crippen MR) is 74.1 cm³/mol. The summed E-state index contributed by atoms with van der Waals surface area (Å²) in [7, 11) is 0. The Balaban J connectivity index is 2.14. The number of carboxylic acid groups (broad SMARTS) is 1. The van der Waals surface area contributed by atoms with Crippen molar-refractivity contribution in [3.63, 3.8) is 0 Å². The third-order valence-corrected chi connectivity index (χ3v) is 3.83. The number of carboxylic acids is 1. The van der Waals surface area contributed by atoms with Gasteiger partial charge in [-0.15, -0.1) is 0 Å². The third kappa shape index (κ3) is 2.59. The molecule has 3 N–H and O–H groups in total. The minimum Gasteiger partial charge on any atom is -0.481 e. The molecule has 1 aromatic rings. The zero-order valence-corrected chi connectivity index (χ0v) is 11.5. The summed E-state index contributed by atoms with van der Waals surface area (Å²) >= 11 is 0. The fourth-order valence-electron chi connectivity index (χ4n) is 2.70. The van der Waals surface area contributed by atoms with Crippen molar-refractivity contribution < 1.29 is 14.7 Å². The molecule has 1 fully saturated rings. The Morgan fingerprint density at radius 2 is 2.25 bits per heavy atom. The molecule has 0 saturated carbocycles. The van der Waals surface area contributed by atoms with Gasteiger partial charge in [0.2, 0.25) is 0 Å². The first-order chi connectivity index (χ1) is 9.48. The molecule has 6 heteroatoms. The lowest BCUT2D eigenvalue weighted by atomic mass is 9.83. The summed E-state index contributed by atoms with van der Waals surface area (Å²) in [5, 5.41) is 9.43. The van der Waals surface area contributed by atoms with E-state index in [-0.39, 0.29) is 12.5 Å². The molecule has 1 unspecified atom stereocenters. The quantitative estimate of drug-likeness (QED) is 0.866. The molecule has 0 aromatic carbocycles. The summed E-state index contributed by atoms with van der Waals surface area (Å²) in [6, 6.07) is 3.19. The summed E-state index contributed by atoms with van der Waals surface area (Å²) in [5.41, 5.74) is 5.53. The Bertz CT molecular complexity index is 515. The van der Waals surface area contributed by atoms with Crippen LogP contribution in [0.15, 0.2) is 18.3 Å². The van der Waals surface area contributed by atoms with Gasteiger partial charge in [0.15, 0.2) is 0 Å². The van der Waals surface area contributed by atoms with Crippen LogP contribution in [-0.4, -0.2) is 40.0 Å². The number of aromatic nitrogens is 1. The Hall–Kier alpha value is -2.11. The maximum Gasteiger partial charge on any atom is 0.311 e. The molecule has 0 aliphatic carbocycles. The molecule has 2 heterocycles. The van der Waals surface area contributed by atoms with Gasteiger partial charge in [-0.25, -0.2) is 4.98 Å². The number of hydrogen-bond acceptors (Lipinski definition) is 4. The van der Waals surface area contributed by atoms with Gasteiger partial charge in [0, 0.05) is 13.1 Å². The van der Waals surface area contributed by atoms with E-state index in [2.05, 4.69) is 4.98 Å². The van der Waals surface area contributed by atoms with Crippen LogP contribution in [0.25, 0.3) is 0 Å². The van der Waals surface area contributed by atoms with Crippen molar-refractivity contribution in [3.05, 3.63) is 24.0 Å². The van der Waals surface area contributed by atoms with Crippen LogP contribution in [0.5, 0.6) is 0 Å². The molecular formula is C14H19N3O3. The molecule has 1 aliphatic heterocycles. The summed E-state index contributed by atoms with van der Waals surface area (Å²) in [6.07, 6.45) is 3.30. The average molecular weight is 277 g/mol. The molecule has 1 aromatic heterocycles. The molecule has 0 spiro atoms. The fraction of sp³-hybridized carbons (Fsp3) is 0.500. The number of likely N-dealkylation sites (tertiary alicyclic amines) is 1. The van der Waals surface area contributed by atoms with Crippen LogP contribution in [0, 0.1) is 5.41 Å². The van der Waals surface area contributed by atoms with Crippen LogP contribution in [-0.2, 0) is 4.79 Å². The lowest BCUT2D eigenvalue weighted by Crippen LogP contribution is -2.37. The maximum absolute atomic E-state index is 12.3.